The van der Waals surface area contributed by atoms with Gasteiger partial charge in [0.25, 0.3) is 5.56 Å². The van der Waals surface area contributed by atoms with Crippen LogP contribution < -0.4 is 16.1 Å². The van der Waals surface area contributed by atoms with E-state index in [-0.39, 0.29) is 62.5 Å². The molecule has 1 aliphatic rings. The van der Waals surface area contributed by atoms with Crippen molar-refractivity contribution in [1.29, 1.82) is 0 Å². The molecule has 2 aromatic heterocycles. The Morgan fingerprint density at radius 2 is 1.76 bits per heavy atom. The SMILES string of the molecule is CCCc1ncn(-c2ccc3c(c2)CC(C)(C)O3)c(=O)c1Cc1ccc(-c2ccccc2-c2noc(=O)[nH]2)cc1.[K]. The zero-order chi connectivity index (χ0) is 27.9. The molecule has 0 bridgehead atoms. The summed E-state index contributed by atoms with van der Waals surface area (Å²) in [5, 5.41) is 3.85. The Labute approximate surface area is 280 Å². The smallest absolute Gasteiger partial charge is 0.439 e. The standard InChI is InChI=1S/C32H30N4O4.K/c1-4-7-27-26(30(37)36(19-33-27)23-14-15-28-22(17-23)18-32(2,3)39-28)16-20-10-12-21(13-11-20)24-8-5-6-9-25(24)29-34-31(38)40-35-29;/h5-6,8-15,17,19H,4,7,16,18H2,1-3H3,(H,34,35,38);. The Bertz CT molecular complexity index is 1820. The molecule has 0 fully saturated rings. The monoisotopic (exact) mass is 573 g/mol. The predicted molar refractivity (Wildman–Crippen MR) is 159 cm³/mol. The molecule has 3 heterocycles. The predicted octanol–water partition coefficient (Wildman–Crippen LogP) is 5.12. The van der Waals surface area contributed by atoms with Gasteiger partial charge in [0, 0.05) is 80.9 Å². The van der Waals surface area contributed by atoms with Crippen LogP contribution in [0.3, 0.4) is 0 Å². The zero-order valence-electron chi connectivity index (χ0n) is 23.7. The maximum atomic E-state index is 13.8. The van der Waals surface area contributed by atoms with E-state index in [2.05, 4.69) is 30.9 Å². The summed E-state index contributed by atoms with van der Waals surface area (Å²) in [6, 6.07) is 21.7. The van der Waals surface area contributed by atoms with Gasteiger partial charge in [-0.05, 0) is 55.2 Å². The minimum atomic E-state index is -0.595. The van der Waals surface area contributed by atoms with Crippen molar-refractivity contribution >= 4 is 51.4 Å². The fraction of sp³-hybridized carbons (Fsp3) is 0.250. The summed E-state index contributed by atoms with van der Waals surface area (Å²) in [5.74, 6) is 0.655. The molecule has 3 aromatic carbocycles. The molecule has 1 radical (unpaired) electrons. The van der Waals surface area contributed by atoms with E-state index in [1.54, 1.807) is 10.9 Å². The van der Waals surface area contributed by atoms with Gasteiger partial charge in [-0.3, -0.25) is 18.9 Å². The van der Waals surface area contributed by atoms with Gasteiger partial charge in [-0.25, -0.2) is 9.78 Å². The Hall–Kier alpha value is -3.08. The molecule has 0 aliphatic carbocycles. The zero-order valence-corrected chi connectivity index (χ0v) is 26.9. The molecule has 6 rings (SSSR count). The molecule has 0 unspecified atom stereocenters. The Morgan fingerprint density at radius 1 is 1.00 bits per heavy atom. The minimum Gasteiger partial charge on any atom is -0.487 e. The molecule has 1 aliphatic heterocycles. The first-order chi connectivity index (χ1) is 19.3. The van der Waals surface area contributed by atoms with E-state index < -0.39 is 5.76 Å². The van der Waals surface area contributed by atoms with E-state index >= 15 is 0 Å². The second kappa shape index (κ2) is 12.0. The fourth-order valence-corrected chi connectivity index (χ4v) is 5.38. The van der Waals surface area contributed by atoms with E-state index in [1.165, 1.54) is 0 Å². The third-order valence-corrected chi connectivity index (χ3v) is 7.23. The van der Waals surface area contributed by atoms with Crippen LogP contribution in [0.25, 0.3) is 28.2 Å². The van der Waals surface area contributed by atoms with Gasteiger partial charge in [0.15, 0.2) is 5.82 Å². The van der Waals surface area contributed by atoms with Crippen molar-refractivity contribution < 1.29 is 9.26 Å². The summed E-state index contributed by atoms with van der Waals surface area (Å²) in [6.45, 7) is 6.22. The molecular formula is C32H30KN4O4. The molecule has 5 aromatic rings. The van der Waals surface area contributed by atoms with Crippen molar-refractivity contribution in [2.75, 3.05) is 0 Å². The van der Waals surface area contributed by atoms with Crippen LogP contribution in [0, 0.1) is 0 Å². The largest absolute Gasteiger partial charge is 0.487 e. The van der Waals surface area contributed by atoms with Gasteiger partial charge in [-0.15, -0.1) is 0 Å². The van der Waals surface area contributed by atoms with E-state index in [4.69, 9.17) is 14.2 Å². The van der Waals surface area contributed by atoms with Crippen molar-refractivity contribution in [2.24, 2.45) is 0 Å². The summed E-state index contributed by atoms with van der Waals surface area (Å²) in [7, 11) is 0. The van der Waals surface area contributed by atoms with Crippen molar-refractivity contribution in [3.63, 3.8) is 0 Å². The Balaban J connectivity index is 0.00000337. The molecule has 0 atom stereocenters. The van der Waals surface area contributed by atoms with Crippen molar-refractivity contribution in [1.82, 2.24) is 19.7 Å². The van der Waals surface area contributed by atoms with Crippen LogP contribution in [0.5, 0.6) is 5.75 Å². The van der Waals surface area contributed by atoms with Crippen LogP contribution in [-0.2, 0) is 19.3 Å². The first-order valence-corrected chi connectivity index (χ1v) is 13.5. The average molecular weight is 574 g/mol. The van der Waals surface area contributed by atoms with Crippen LogP contribution in [0.2, 0.25) is 0 Å². The van der Waals surface area contributed by atoms with Gasteiger partial charge in [0.1, 0.15) is 17.7 Å². The third kappa shape index (κ3) is 6.10. The number of fused-ring (bicyclic) bond motifs is 1. The summed E-state index contributed by atoms with van der Waals surface area (Å²) in [4.78, 5) is 32.7. The number of aromatic nitrogens is 4. The molecular weight excluding hydrogens is 543 g/mol. The van der Waals surface area contributed by atoms with Gasteiger partial charge in [-0.1, -0.05) is 67.0 Å². The summed E-state index contributed by atoms with van der Waals surface area (Å²) < 4.78 is 12.4. The molecule has 9 heteroatoms. The molecule has 0 saturated carbocycles. The van der Waals surface area contributed by atoms with Crippen LogP contribution in [0.1, 0.15) is 49.6 Å². The Morgan fingerprint density at radius 3 is 2.46 bits per heavy atom. The number of ether oxygens (including phenoxy) is 1. The van der Waals surface area contributed by atoms with E-state index in [0.717, 1.165) is 64.2 Å². The number of benzene rings is 3. The first-order valence-electron chi connectivity index (χ1n) is 13.5. The van der Waals surface area contributed by atoms with Gasteiger partial charge >= 0.3 is 5.76 Å². The number of aromatic amines is 1. The van der Waals surface area contributed by atoms with E-state index in [0.29, 0.717) is 17.8 Å². The number of hydrogen-bond donors (Lipinski definition) is 1. The summed E-state index contributed by atoms with van der Waals surface area (Å²) in [6.07, 6.45) is 4.55. The number of rotatable bonds is 7. The number of hydrogen-bond acceptors (Lipinski definition) is 6. The topological polar surface area (TPSA) is 103 Å². The maximum absolute atomic E-state index is 13.8. The summed E-state index contributed by atoms with van der Waals surface area (Å²) in [5.41, 5.74) is 6.77. The van der Waals surface area contributed by atoms with E-state index in [1.807, 2.05) is 66.7 Å². The molecule has 0 spiro atoms. The normalized spacial score (nSPS) is 13.3. The third-order valence-electron chi connectivity index (χ3n) is 7.23. The van der Waals surface area contributed by atoms with Crippen molar-refractivity contribution in [3.05, 3.63) is 116 Å². The van der Waals surface area contributed by atoms with Crippen molar-refractivity contribution in [3.8, 4) is 34.0 Å². The van der Waals surface area contributed by atoms with Gasteiger partial charge in [0.05, 0.1) is 11.4 Å². The van der Waals surface area contributed by atoms with Crippen molar-refractivity contribution in [2.45, 2.75) is 52.1 Å². The number of nitrogens with one attached hydrogen (secondary N) is 1. The van der Waals surface area contributed by atoms with Gasteiger partial charge in [0.2, 0.25) is 0 Å². The number of nitrogens with zero attached hydrogens (tertiary/aromatic N) is 3. The van der Waals surface area contributed by atoms with Crippen LogP contribution in [-0.4, -0.2) is 76.7 Å². The quantitative estimate of drug-likeness (QED) is 0.271. The van der Waals surface area contributed by atoms with Gasteiger partial charge in [-0.2, -0.15) is 0 Å². The molecule has 0 saturated heterocycles. The molecule has 0 amide bonds. The van der Waals surface area contributed by atoms with Crippen LogP contribution >= 0.6 is 0 Å². The van der Waals surface area contributed by atoms with Crippen LogP contribution in [0.4, 0.5) is 0 Å². The number of H-pyrrole nitrogens is 1. The molecule has 41 heavy (non-hydrogen) atoms. The van der Waals surface area contributed by atoms with Crippen LogP contribution in [0.15, 0.2) is 87.2 Å². The Kier molecular flexibility index (Phi) is 8.63. The second-order valence-electron chi connectivity index (χ2n) is 10.8. The molecule has 203 valence electrons. The molecule has 8 nitrogen and oxygen atoms in total. The molecule has 1 N–H and O–H groups in total. The minimum absolute atomic E-state index is 0. The summed E-state index contributed by atoms with van der Waals surface area (Å²) >= 11 is 0. The number of aryl methyl sites for hydroxylation is 1. The second-order valence-corrected chi connectivity index (χ2v) is 10.8. The van der Waals surface area contributed by atoms with E-state index in [9.17, 15) is 9.59 Å². The van der Waals surface area contributed by atoms with Gasteiger partial charge < -0.3 is 4.74 Å². The fourth-order valence-electron chi connectivity index (χ4n) is 5.38. The average Bonchev–Trinajstić information content (AvgIpc) is 3.51. The first kappa shape index (κ1) is 29.4. The maximum Gasteiger partial charge on any atom is 0.439 e.